The fourth-order valence-corrected chi connectivity index (χ4v) is 11.1. The van der Waals surface area contributed by atoms with Gasteiger partial charge in [0.15, 0.2) is 6.10 Å². The summed E-state index contributed by atoms with van der Waals surface area (Å²) in [5, 5.41) is 11.5. The number of allylic oxidation sites excluding steroid dienone is 2. The third kappa shape index (κ3) is 42.1. The molecule has 0 saturated carbocycles. The molecule has 2 amide bonds. The van der Waals surface area contributed by atoms with E-state index in [9.17, 15) is 62.4 Å². The summed E-state index contributed by atoms with van der Waals surface area (Å²) < 4.78 is 56.7. The van der Waals surface area contributed by atoms with Gasteiger partial charge in [-0.05, 0) is 51.4 Å². The summed E-state index contributed by atoms with van der Waals surface area (Å²) >= 11 is 0. The lowest BCUT2D eigenvalue weighted by molar-refractivity contribution is -0.161. The molecule has 0 aromatic rings. The van der Waals surface area contributed by atoms with Crippen molar-refractivity contribution in [1.29, 1.82) is 0 Å². The third-order valence-electron chi connectivity index (χ3n) is 12.7. The summed E-state index contributed by atoms with van der Waals surface area (Å²) in [4.78, 5) is 96.8. The van der Waals surface area contributed by atoms with Crippen LogP contribution < -0.4 is 10.6 Å². The van der Waals surface area contributed by atoms with E-state index in [1.165, 1.54) is 116 Å². The van der Waals surface area contributed by atoms with Crippen molar-refractivity contribution in [3.63, 3.8) is 0 Å². The van der Waals surface area contributed by atoms with E-state index in [-0.39, 0.29) is 70.2 Å². The minimum Gasteiger partial charge on any atom is -0.462 e. The highest BCUT2D eigenvalue weighted by atomic mass is 31.2. The van der Waals surface area contributed by atoms with Gasteiger partial charge in [0.25, 0.3) is 5.08 Å². The topological polar surface area (TPSA) is 302 Å². The first-order valence-electron chi connectivity index (χ1n) is 28.3. The summed E-state index contributed by atoms with van der Waals surface area (Å²) in [6.07, 6.45) is 35.9. The molecule has 0 aromatic carbocycles. The third-order valence-corrected chi connectivity index (χ3v) is 17.6. The molecule has 8 N–H and O–H groups in total. The van der Waals surface area contributed by atoms with Gasteiger partial charge >= 0.3 is 35.0 Å². The second-order valence-electron chi connectivity index (χ2n) is 19.7. The molecule has 0 aliphatic rings. The van der Waals surface area contributed by atoms with Crippen LogP contribution in [-0.2, 0) is 51.4 Å². The molecule has 0 rings (SSSR count). The average Bonchev–Trinajstić information content (AvgIpc) is 3.34. The number of carbonyl (C=O) groups is 4. The van der Waals surface area contributed by atoms with Crippen molar-refractivity contribution in [1.82, 2.24) is 10.6 Å². The highest BCUT2D eigenvalue weighted by molar-refractivity contribution is 7.72. The summed E-state index contributed by atoms with van der Waals surface area (Å²) in [7, 11) is -15.7. The largest absolute Gasteiger partial charge is 0.472 e. The molecule has 74 heavy (non-hydrogen) atoms. The fraction of sp³-hybridized carbons (Fsp3) is 0.885. The molecule has 19 nitrogen and oxygen atoms in total. The molecule has 2 atom stereocenters. The summed E-state index contributed by atoms with van der Waals surface area (Å²) in [6.45, 7) is 3.06. The Morgan fingerprint density at radius 1 is 0.473 bits per heavy atom. The van der Waals surface area contributed by atoms with E-state index in [1.807, 2.05) is 12.2 Å². The first kappa shape index (κ1) is 72.0. The minimum atomic E-state index is -5.54. The van der Waals surface area contributed by atoms with E-state index < -0.39 is 59.2 Å². The SMILES string of the molecule is CCCCCCCCCCCCCCCC(=O)OC[C@H](COP(=O)(O)OCCNC(=O)CCCC=CCCCCC(=O)NCCCC(O)(P(=O)(O)O)P(=O)(O)O)OC(=O)CCCCCCCCCCCCCCC. The number of aliphatic hydroxyl groups is 1. The number of phosphoric acid groups is 1. The van der Waals surface area contributed by atoms with Crippen LogP contribution in [0, 0.1) is 0 Å². The standard InChI is InChI=1S/C52H101N2O17P3/c1-3-5-7-9-11-13-15-17-19-21-26-30-34-39-50(57)68-45-47(71-51(58)40-35-31-27-22-20-18-16-14-12-10-8-6-4-2)46-70-74(66,67)69-44-43-54-49(56)38-33-29-25-23-24-28-32-37-48(55)53-42-36-41-52(59,72(60,61)62)73(63,64)65/h23,25,47,59H,3-22,24,26-46H2,1-2H3,(H,53,55)(H,54,56)(H,66,67)(H2,60,61,62)(H2,63,64,65)/t47-/m1/s1. The number of rotatable bonds is 53. The van der Waals surface area contributed by atoms with Gasteiger partial charge in [0, 0.05) is 45.2 Å². The first-order chi connectivity index (χ1) is 35.3. The summed E-state index contributed by atoms with van der Waals surface area (Å²) in [5.74, 6) is -1.60. The Balaban J connectivity index is 4.56. The minimum absolute atomic E-state index is 0.0620. The number of unbranched alkanes of at least 4 members (excludes halogenated alkanes) is 27. The van der Waals surface area contributed by atoms with Crippen LogP contribution in [0.4, 0.5) is 0 Å². The van der Waals surface area contributed by atoms with Gasteiger partial charge in [-0.25, -0.2) is 4.57 Å². The van der Waals surface area contributed by atoms with E-state index in [2.05, 4.69) is 24.5 Å². The van der Waals surface area contributed by atoms with E-state index in [0.717, 1.165) is 38.5 Å². The maximum absolute atomic E-state index is 12.8. The molecular formula is C52H101N2O17P3. The molecule has 0 aliphatic heterocycles. The Morgan fingerprint density at radius 2 is 0.865 bits per heavy atom. The second kappa shape index (κ2) is 46.0. The van der Waals surface area contributed by atoms with Gasteiger partial charge in [0.05, 0.1) is 13.2 Å². The number of phosphoric ester groups is 1. The zero-order valence-corrected chi connectivity index (χ0v) is 48.1. The van der Waals surface area contributed by atoms with Crippen molar-refractivity contribution in [3.8, 4) is 0 Å². The van der Waals surface area contributed by atoms with Crippen LogP contribution in [-0.4, -0.2) is 97.4 Å². The lowest BCUT2D eigenvalue weighted by Gasteiger charge is -2.29. The molecule has 0 radical (unpaired) electrons. The molecule has 22 heteroatoms. The van der Waals surface area contributed by atoms with E-state index in [4.69, 9.17) is 18.5 Å². The monoisotopic (exact) mass is 1120 g/mol. The van der Waals surface area contributed by atoms with Crippen LogP contribution in [0.25, 0.3) is 0 Å². The smallest absolute Gasteiger partial charge is 0.462 e. The first-order valence-corrected chi connectivity index (χ1v) is 33.0. The molecular weight excluding hydrogens is 1020 g/mol. The van der Waals surface area contributed by atoms with Gasteiger partial charge in [-0.1, -0.05) is 180 Å². The molecule has 0 spiro atoms. The number of nitrogens with one attached hydrogen (secondary N) is 2. The van der Waals surface area contributed by atoms with E-state index >= 15 is 0 Å². The zero-order chi connectivity index (χ0) is 55.2. The number of ether oxygens (including phenoxy) is 2. The highest BCUT2D eigenvalue weighted by Gasteiger charge is 2.58. The lowest BCUT2D eigenvalue weighted by atomic mass is 10.0. The average molecular weight is 1120 g/mol. The zero-order valence-electron chi connectivity index (χ0n) is 45.4. The molecule has 0 saturated heterocycles. The van der Waals surface area contributed by atoms with Crippen molar-refractivity contribution in [2.75, 3.05) is 32.9 Å². The number of hydrogen-bond acceptors (Lipinski definition) is 12. The molecule has 0 fully saturated rings. The van der Waals surface area contributed by atoms with Crippen LogP contribution >= 0.6 is 23.0 Å². The van der Waals surface area contributed by atoms with Crippen LogP contribution in [0.15, 0.2) is 12.2 Å². The Kier molecular flexibility index (Phi) is 44.7. The van der Waals surface area contributed by atoms with Crippen molar-refractivity contribution in [3.05, 3.63) is 12.2 Å². The lowest BCUT2D eigenvalue weighted by Crippen LogP contribution is -2.31. The Morgan fingerprint density at radius 3 is 1.32 bits per heavy atom. The number of esters is 2. The van der Waals surface area contributed by atoms with Crippen LogP contribution in [0.1, 0.15) is 251 Å². The van der Waals surface area contributed by atoms with Gasteiger partial charge in [0.2, 0.25) is 11.8 Å². The van der Waals surface area contributed by atoms with Crippen molar-refractivity contribution < 1.29 is 81.0 Å². The molecule has 0 aromatic heterocycles. The Hall–Kier alpha value is -2.01. The molecule has 0 aliphatic carbocycles. The maximum Gasteiger partial charge on any atom is 0.472 e. The van der Waals surface area contributed by atoms with Crippen molar-refractivity contribution >= 4 is 46.8 Å². The number of amides is 2. The van der Waals surface area contributed by atoms with Gasteiger partial charge in [-0.15, -0.1) is 0 Å². The molecule has 436 valence electrons. The second-order valence-corrected chi connectivity index (χ2v) is 25.1. The highest BCUT2D eigenvalue weighted by Crippen LogP contribution is 2.69. The van der Waals surface area contributed by atoms with Gasteiger partial charge in [-0.2, -0.15) is 0 Å². The quantitative estimate of drug-likeness (QED) is 0.0121. The van der Waals surface area contributed by atoms with Crippen molar-refractivity contribution in [2.45, 2.75) is 263 Å². The summed E-state index contributed by atoms with van der Waals surface area (Å²) in [6, 6.07) is 0. The molecule has 1 unspecified atom stereocenters. The van der Waals surface area contributed by atoms with Crippen LogP contribution in [0.2, 0.25) is 0 Å². The van der Waals surface area contributed by atoms with E-state index in [0.29, 0.717) is 44.9 Å². The van der Waals surface area contributed by atoms with E-state index in [1.54, 1.807) is 0 Å². The normalized spacial score (nSPS) is 13.5. The predicted molar refractivity (Wildman–Crippen MR) is 289 cm³/mol. The fourth-order valence-electron chi connectivity index (χ4n) is 8.11. The Bertz CT molecular complexity index is 1600. The maximum atomic E-state index is 12.8. The van der Waals surface area contributed by atoms with Gasteiger partial charge < -0.3 is 49.7 Å². The van der Waals surface area contributed by atoms with Crippen LogP contribution in [0.5, 0.6) is 0 Å². The van der Waals surface area contributed by atoms with Crippen molar-refractivity contribution in [2.24, 2.45) is 0 Å². The Labute approximate surface area is 444 Å². The molecule has 0 bridgehead atoms. The summed E-state index contributed by atoms with van der Waals surface area (Å²) in [5.41, 5.74) is 0. The van der Waals surface area contributed by atoms with Gasteiger partial charge in [-0.3, -0.25) is 37.4 Å². The molecule has 0 heterocycles. The number of hydrogen-bond donors (Lipinski definition) is 8. The van der Waals surface area contributed by atoms with Crippen LogP contribution in [0.3, 0.4) is 0 Å². The predicted octanol–water partition coefficient (Wildman–Crippen LogP) is 11.8. The number of carbonyl (C=O) groups excluding carboxylic acids is 4. The van der Waals surface area contributed by atoms with Gasteiger partial charge in [0.1, 0.15) is 6.61 Å².